The summed E-state index contributed by atoms with van der Waals surface area (Å²) in [5.41, 5.74) is 2.12. The van der Waals surface area contributed by atoms with E-state index in [2.05, 4.69) is 5.32 Å². The second-order valence-corrected chi connectivity index (χ2v) is 7.88. The van der Waals surface area contributed by atoms with Gasteiger partial charge >= 0.3 is 0 Å². The fourth-order valence-corrected chi connectivity index (χ4v) is 3.80. The lowest BCUT2D eigenvalue weighted by atomic mass is 9.94. The Hall–Kier alpha value is -1.33. The molecule has 0 radical (unpaired) electrons. The Labute approximate surface area is 154 Å². The largest absolute Gasteiger partial charge is 0.394 e. The van der Waals surface area contributed by atoms with Crippen LogP contribution in [0.15, 0.2) is 24.3 Å². The number of ketones is 1. The number of thioether (sulfide) groups is 1. The molecular weight excluding hydrogens is 334 g/mol. The summed E-state index contributed by atoms with van der Waals surface area (Å²) < 4.78 is 0. The Morgan fingerprint density at radius 1 is 1.36 bits per heavy atom. The third-order valence-electron chi connectivity index (χ3n) is 5.02. The van der Waals surface area contributed by atoms with Crippen LogP contribution < -0.4 is 5.32 Å². The summed E-state index contributed by atoms with van der Waals surface area (Å²) in [6.45, 7) is 1.85. The van der Waals surface area contributed by atoms with Gasteiger partial charge in [-0.3, -0.25) is 9.59 Å². The van der Waals surface area contributed by atoms with E-state index in [1.54, 1.807) is 11.8 Å². The van der Waals surface area contributed by atoms with Gasteiger partial charge in [-0.05, 0) is 55.7 Å². The van der Waals surface area contributed by atoms with Gasteiger partial charge in [0, 0.05) is 12.3 Å². The lowest BCUT2D eigenvalue weighted by Gasteiger charge is -2.19. The van der Waals surface area contributed by atoms with Gasteiger partial charge < -0.3 is 10.4 Å². The van der Waals surface area contributed by atoms with E-state index in [0.717, 1.165) is 49.0 Å². The van der Waals surface area contributed by atoms with Crippen LogP contribution >= 0.6 is 11.8 Å². The van der Waals surface area contributed by atoms with Crippen LogP contribution in [0.5, 0.6) is 0 Å². The second kappa shape index (κ2) is 9.97. The predicted molar refractivity (Wildman–Crippen MR) is 103 cm³/mol. The number of nitrogens with one attached hydrogen (secondary N) is 1. The lowest BCUT2D eigenvalue weighted by Crippen LogP contribution is -2.40. The van der Waals surface area contributed by atoms with E-state index in [4.69, 9.17) is 0 Å². The molecule has 0 bridgehead atoms. The van der Waals surface area contributed by atoms with Crippen molar-refractivity contribution < 1.29 is 14.7 Å². The van der Waals surface area contributed by atoms with Crippen LogP contribution in [0.3, 0.4) is 0 Å². The van der Waals surface area contributed by atoms with Gasteiger partial charge in [-0.1, -0.05) is 24.3 Å². The second-order valence-electron chi connectivity index (χ2n) is 6.89. The summed E-state index contributed by atoms with van der Waals surface area (Å²) in [5.74, 6) is 1.16. The molecule has 1 aliphatic carbocycles. The summed E-state index contributed by atoms with van der Waals surface area (Å²) >= 11 is 1.71. The van der Waals surface area contributed by atoms with Crippen LogP contribution in [0.25, 0.3) is 0 Å². The van der Waals surface area contributed by atoms with Gasteiger partial charge in [0.05, 0.1) is 18.6 Å². The molecule has 1 fully saturated rings. The molecule has 2 N–H and O–H groups in total. The number of Topliss-reactive ketones (excluding diaryl/α,β-unsaturated/α-hetero) is 1. The Balaban J connectivity index is 1.91. The summed E-state index contributed by atoms with van der Waals surface area (Å²) in [6, 6.07) is 7.84. The molecule has 4 nitrogen and oxygen atoms in total. The van der Waals surface area contributed by atoms with Crippen LogP contribution in [0.2, 0.25) is 0 Å². The van der Waals surface area contributed by atoms with Gasteiger partial charge in [0.2, 0.25) is 5.91 Å². The fraction of sp³-hybridized carbons (Fsp3) is 0.600. The van der Waals surface area contributed by atoms with Crippen LogP contribution in [-0.4, -0.2) is 41.5 Å². The minimum absolute atomic E-state index is 0.0344. The number of carbonyl (C=O) groups excluding carboxylic acids is 2. The van der Waals surface area contributed by atoms with Crippen molar-refractivity contribution in [3.63, 3.8) is 0 Å². The normalized spacial score (nSPS) is 19.6. The van der Waals surface area contributed by atoms with E-state index in [1.165, 1.54) is 0 Å². The van der Waals surface area contributed by atoms with E-state index in [0.29, 0.717) is 5.78 Å². The van der Waals surface area contributed by atoms with Crippen LogP contribution in [0, 0.1) is 5.92 Å². The maximum atomic E-state index is 12.4. The Morgan fingerprint density at radius 3 is 2.64 bits per heavy atom. The molecule has 0 saturated heterocycles. The summed E-state index contributed by atoms with van der Waals surface area (Å²) in [6.07, 6.45) is 6.33. The molecule has 1 aromatic rings. The molecule has 0 heterocycles. The first-order valence-corrected chi connectivity index (χ1v) is 10.5. The number of rotatable bonds is 9. The van der Waals surface area contributed by atoms with Crippen molar-refractivity contribution in [2.45, 2.75) is 51.0 Å². The van der Waals surface area contributed by atoms with E-state index in [-0.39, 0.29) is 30.4 Å². The van der Waals surface area contributed by atoms with E-state index < -0.39 is 0 Å². The van der Waals surface area contributed by atoms with Gasteiger partial charge in [0.15, 0.2) is 0 Å². The van der Waals surface area contributed by atoms with Crippen molar-refractivity contribution in [3.05, 3.63) is 35.4 Å². The number of amides is 1. The maximum Gasteiger partial charge on any atom is 0.227 e. The molecular formula is C20H29NO3S. The number of aliphatic hydroxyl groups is 1. The summed E-state index contributed by atoms with van der Waals surface area (Å²) in [4.78, 5) is 24.2. The number of benzene rings is 1. The molecule has 5 heteroatoms. The highest BCUT2D eigenvalue weighted by Gasteiger charge is 2.24. The quantitative estimate of drug-likeness (QED) is 0.708. The molecule has 0 spiro atoms. The average Bonchev–Trinajstić information content (AvgIpc) is 3.03. The van der Waals surface area contributed by atoms with E-state index in [9.17, 15) is 14.7 Å². The van der Waals surface area contributed by atoms with Gasteiger partial charge in [-0.15, -0.1) is 0 Å². The van der Waals surface area contributed by atoms with Crippen molar-refractivity contribution in [2.24, 2.45) is 5.92 Å². The van der Waals surface area contributed by atoms with Crippen molar-refractivity contribution in [1.82, 2.24) is 5.32 Å². The Kier molecular flexibility index (Phi) is 7.97. The smallest absolute Gasteiger partial charge is 0.227 e. The van der Waals surface area contributed by atoms with Crippen molar-refractivity contribution in [1.29, 1.82) is 0 Å². The molecule has 3 unspecified atom stereocenters. The standard InChI is InChI=1S/C20H29NO3S/c1-14(20(24)21-18(13-22)10-11-25-2)16-8-6-15(7-9-16)12-17-4-3-5-19(17)23/h6-9,14,17-18,22H,3-5,10-13H2,1-2H3,(H,21,24). The third-order valence-corrected chi connectivity index (χ3v) is 5.67. The lowest BCUT2D eigenvalue weighted by molar-refractivity contribution is -0.123. The number of carbonyl (C=O) groups is 2. The van der Waals surface area contributed by atoms with Crippen molar-refractivity contribution in [3.8, 4) is 0 Å². The highest BCUT2D eigenvalue weighted by molar-refractivity contribution is 7.98. The Morgan fingerprint density at radius 2 is 2.08 bits per heavy atom. The highest BCUT2D eigenvalue weighted by atomic mass is 32.2. The van der Waals surface area contributed by atoms with Gasteiger partial charge in [-0.25, -0.2) is 0 Å². The minimum Gasteiger partial charge on any atom is -0.394 e. The molecule has 1 aliphatic rings. The van der Waals surface area contributed by atoms with Gasteiger partial charge in [-0.2, -0.15) is 11.8 Å². The molecule has 0 aromatic heterocycles. The van der Waals surface area contributed by atoms with Gasteiger partial charge in [0.25, 0.3) is 0 Å². The van der Waals surface area contributed by atoms with E-state index in [1.807, 2.05) is 37.4 Å². The SMILES string of the molecule is CSCCC(CO)NC(=O)C(C)c1ccc(CC2CCCC2=O)cc1. The molecule has 1 amide bonds. The average molecular weight is 364 g/mol. The molecule has 1 aromatic carbocycles. The zero-order chi connectivity index (χ0) is 18.2. The number of hydrogen-bond donors (Lipinski definition) is 2. The highest BCUT2D eigenvalue weighted by Crippen LogP contribution is 2.26. The topological polar surface area (TPSA) is 66.4 Å². The molecule has 1 saturated carbocycles. The molecule has 25 heavy (non-hydrogen) atoms. The van der Waals surface area contributed by atoms with Crippen LogP contribution in [-0.2, 0) is 16.0 Å². The first-order valence-electron chi connectivity index (χ1n) is 9.06. The van der Waals surface area contributed by atoms with Crippen molar-refractivity contribution in [2.75, 3.05) is 18.6 Å². The zero-order valence-electron chi connectivity index (χ0n) is 15.2. The number of aliphatic hydroxyl groups excluding tert-OH is 1. The predicted octanol–water partition coefficient (Wildman–Crippen LogP) is 2.93. The maximum absolute atomic E-state index is 12.4. The first-order chi connectivity index (χ1) is 12.0. The molecule has 2 rings (SSSR count). The monoisotopic (exact) mass is 363 g/mol. The summed E-state index contributed by atoms with van der Waals surface area (Å²) in [5, 5.41) is 12.3. The van der Waals surface area contributed by atoms with Crippen LogP contribution in [0.1, 0.15) is 49.7 Å². The van der Waals surface area contributed by atoms with Gasteiger partial charge in [0.1, 0.15) is 5.78 Å². The Bertz CT molecular complexity index is 573. The summed E-state index contributed by atoms with van der Waals surface area (Å²) in [7, 11) is 0. The molecule has 138 valence electrons. The van der Waals surface area contributed by atoms with Crippen LogP contribution in [0.4, 0.5) is 0 Å². The fourth-order valence-electron chi connectivity index (χ4n) is 3.28. The van der Waals surface area contributed by atoms with E-state index >= 15 is 0 Å². The third kappa shape index (κ3) is 5.86. The number of hydrogen-bond acceptors (Lipinski definition) is 4. The molecule has 3 atom stereocenters. The molecule has 0 aliphatic heterocycles. The zero-order valence-corrected chi connectivity index (χ0v) is 16.0. The first kappa shape index (κ1) is 20.0. The minimum atomic E-state index is -0.259. The van der Waals surface area contributed by atoms with Crippen molar-refractivity contribution >= 4 is 23.5 Å².